The summed E-state index contributed by atoms with van der Waals surface area (Å²) >= 11 is 5.64. The monoisotopic (exact) mass is 311 g/mol. The lowest BCUT2D eigenvalue weighted by Crippen LogP contribution is -2.13. The van der Waals surface area contributed by atoms with Crippen molar-refractivity contribution in [1.29, 1.82) is 0 Å². The van der Waals surface area contributed by atoms with Crippen LogP contribution in [-0.2, 0) is 10.8 Å². The molecule has 0 aliphatic heterocycles. The van der Waals surface area contributed by atoms with E-state index in [2.05, 4.69) is 5.32 Å². The standard InChI is InChI=1S/C14H11ClFNO2S/c1-20(19)11-5-2-9(3-6-11)14(18)17-13-7-4-10(15)8-12(13)16/h2-8H,1H3,(H,17,18). The molecule has 0 saturated carbocycles. The smallest absolute Gasteiger partial charge is 0.255 e. The molecule has 0 aliphatic rings. The fourth-order valence-corrected chi connectivity index (χ4v) is 2.26. The molecular formula is C14H11ClFNO2S. The van der Waals surface area contributed by atoms with Gasteiger partial charge in [0, 0.05) is 32.5 Å². The highest BCUT2D eigenvalue weighted by Gasteiger charge is 2.10. The normalized spacial score (nSPS) is 11.9. The van der Waals surface area contributed by atoms with Crippen molar-refractivity contribution in [3.8, 4) is 0 Å². The third-order valence-electron chi connectivity index (χ3n) is 2.63. The predicted octanol–water partition coefficient (Wildman–Crippen LogP) is 3.47. The van der Waals surface area contributed by atoms with Crippen molar-refractivity contribution in [3.05, 3.63) is 58.9 Å². The SMILES string of the molecule is CS(=O)c1ccc(C(=O)Nc2ccc(Cl)cc2F)cc1. The summed E-state index contributed by atoms with van der Waals surface area (Å²) in [7, 11) is -1.10. The Morgan fingerprint density at radius 2 is 1.85 bits per heavy atom. The first-order valence-electron chi connectivity index (χ1n) is 5.67. The van der Waals surface area contributed by atoms with Gasteiger partial charge in [0.05, 0.1) is 5.69 Å². The van der Waals surface area contributed by atoms with Crippen molar-refractivity contribution in [2.45, 2.75) is 4.90 Å². The maximum atomic E-state index is 13.6. The van der Waals surface area contributed by atoms with Crippen LogP contribution in [-0.4, -0.2) is 16.4 Å². The molecule has 0 aromatic heterocycles. The molecule has 0 spiro atoms. The quantitative estimate of drug-likeness (QED) is 0.943. The van der Waals surface area contributed by atoms with E-state index < -0.39 is 22.5 Å². The Morgan fingerprint density at radius 3 is 2.40 bits per heavy atom. The molecule has 3 nitrogen and oxygen atoms in total. The molecule has 6 heteroatoms. The van der Waals surface area contributed by atoms with E-state index in [1.807, 2.05) is 0 Å². The van der Waals surface area contributed by atoms with Gasteiger partial charge in [-0.25, -0.2) is 4.39 Å². The molecule has 0 heterocycles. The van der Waals surface area contributed by atoms with E-state index in [1.165, 1.54) is 12.1 Å². The molecule has 0 radical (unpaired) electrons. The summed E-state index contributed by atoms with van der Waals surface area (Å²) in [5.41, 5.74) is 0.413. The number of hydrogen-bond acceptors (Lipinski definition) is 2. The van der Waals surface area contributed by atoms with E-state index in [1.54, 1.807) is 30.5 Å². The molecule has 1 N–H and O–H groups in total. The van der Waals surface area contributed by atoms with Gasteiger partial charge in [0.2, 0.25) is 0 Å². The molecule has 2 rings (SSSR count). The number of halogens is 2. The van der Waals surface area contributed by atoms with E-state index in [-0.39, 0.29) is 10.7 Å². The Bertz CT molecular complexity index is 673. The van der Waals surface area contributed by atoms with Crippen LogP contribution in [0.2, 0.25) is 5.02 Å². The van der Waals surface area contributed by atoms with Gasteiger partial charge < -0.3 is 5.32 Å². The van der Waals surface area contributed by atoms with E-state index in [9.17, 15) is 13.4 Å². The summed E-state index contributed by atoms with van der Waals surface area (Å²) in [5.74, 6) is -1.04. The molecule has 20 heavy (non-hydrogen) atoms. The molecule has 104 valence electrons. The number of benzene rings is 2. The van der Waals surface area contributed by atoms with Crippen LogP contribution < -0.4 is 5.32 Å². The molecule has 0 bridgehead atoms. The maximum absolute atomic E-state index is 13.6. The van der Waals surface area contributed by atoms with Crippen molar-refractivity contribution in [2.24, 2.45) is 0 Å². The Hall–Kier alpha value is -1.72. The van der Waals surface area contributed by atoms with Crippen LogP contribution in [0.5, 0.6) is 0 Å². The first kappa shape index (κ1) is 14.7. The molecule has 2 aromatic carbocycles. The van der Waals surface area contributed by atoms with Crippen molar-refractivity contribution >= 4 is 34.0 Å². The zero-order valence-corrected chi connectivity index (χ0v) is 12.1. The van der Waals surface area contributed by atoms with Crippen molar-refractivity contribution in [3.63, 3.8) is 0 Å². The average Bonchev–Trinajstić information content (AvgIpc) is 2.42. The van der Waals surface area contributed by atoms with Gasteiger partial charge in [0.25, 0.3) is 5.91 Å². The molecular weight excluding hydrogens is 301 g/mol. The molecule has 1 unspecified atom stereocenters. The highest BCUT2D eigenvalue weighted by molar-refractivity contribution is 7.84. The zero-order valence-electron chi connectivity index (χ0n) is 10.5. The summed E-state index contributed by atoms with van der Waals surface area (Å²) in [5, 5.41) is 2.71. The topological polar surface area (TPSA) is 46.2 Å². The minimum Gasteiger partial charge on any atom is -0.319 e. The lowest BCUT2D eigenvalue weighted by molar-refractivity contribution is 0.102. The molecule has 0 saturated heterocycles. The zero-order chi connectivity index (χ0) is 14.7. The van der Waals surface area contributed by atoms with Gasteiger partial charge >= 0.3 is 0 Å². The summed E-state index contributed by atoms with van der Waals surface area (Å²) in [6.07, 6.45) is 1.55. The fraction of sp³-hybridized carbons (Fsp3) is 0.0714. The maximum Gasteiger partial charge on any atom is 0.255 e. The van der Waals surface area contributed by atoms with Crippen LogP contribution >= 0.6 is 11.6 Å². The van der Waals surface area contributed by atoms with Crippen LogP contribution in [0.15, 0.2) is 47.4 Å². The van der Waals surface area contributed by atoms with Crippen molar-refractivity contribution in [1.82, 2.24) is 0 Å². The van der Waals surface area contributed by atoms with Crippen LogP contribution in [0.4, 0.5) is 10.1 Å². The van der Waals surface area contributed by atoms with Crippen LogP contribution in [0.1, 0.15) is 10.4 Å². The number of carbonyl (C=O) groups is 1. The third-order valence-corrected chi connectivity index (χ3v) is 3.80. The van der Waals surface area contributed by atoms with Gasteiger partial charge in [-0.3, -0.25) is 9.00 Å². The van der Waals surface area contributed by atoms with E-state index in [0.717, 1.165) is 6.07 Å². The van der Waals surface area contributed by atoms with Crippen molar-refractivity contribution in [2.75, 3.05) is 11.6 Å². The lowest BCUT2D eigenvalue weighted by atomic mass is 10.2. The highest BCUT2D eigenvalue weighted by atomic mass is 35.5. The van der Waals surface area contributed by atoms with E-state index in [4.69, 9.17) is 11.6 Å². The van der Waals surface area contributed by atoms with Crippen molar-refractivity contribution < 1.29 is 13.4 Å². The summed E-state index contributed by atoms with van der Waals surface area (Å²) in [6.45, 7) is 0. The highest BCUT2D eigenvalue weighted by Crippen LogP contribution is 2.19. The number of rotatable bonds is 3. The van der Waals surface area contributed by atoms with Crippen LogP contribution in [0.25, 0.3) is 0 Å². The van der Waals surface area contributed by atoms with Crippen LogP contribution in [0.3, 0.4) is 0 Å². The summed E-state index contributed by atoms with van der Waals surface area (Å²) in [6, 6.07) is 10.3. The van der Waals surface area contributed by atoms with E-state index >= 15 is 0 Å². The second-order valence-corrected chi connectivity index (χ2v) is 5.87. The Kier molecular flexibility index (Phi) is 4.52. The summed E-state index contributed by atoms with van der Waals surface area (Å²) in [4.78, 5) is 12.6. The second-order valence-electron chi connectivity index (χ2n) is 4.06. The second kappa shape index (κ2) is 6.15. The first-order valence-corrected chi connectivity index (χ1v) is 7.61. The summed E-state index contributed by atoms with van der Waals surface area (Å²) < 4.78 is 24.8. The third kappa shape index (κ3) is 3.43. The Morgan fingerprint density at radius 1 is 1.20 bits per heavy atom. The van der Waals surface area contributed by atoms with Gasteiger partial charge in [-0.15, -0.1) is 0 Å². The molecule has 1 atom stereocenters. The number of anilines is 1. The van der Waals surface area contributed by atoms with E-state index in [0.29, 0.717) is 10.5 Å². The molecule has 0 fully saturated rings. The number of hydrogen-bond donors (Lipinski definition) is 1. The minimum absolute atomic E-state index is 0.0579. The van der Waals surface area contributed by atoms with Gasteiger partial charge in [-0.2, -0.15) is 0 Å². The molecule has 0 aliphatic carbocycles. The fourth-order valence-electron chi connectivity index (χ4n) is 1.58. The number of amides is 1. The predicted molar refractivity (Wildman–Crippen MR) is 78.1 cm³/mol. The molecule has 1 amide bonds. The van der Waals surface area contributed by atoms with Gasteiger partial charge in [-0.1, -0.05) is 11.6 Å². The average molecular weight is 312 g/mol. The largest absolute Gasteiger partial charge is 0.319 e. The molecule has 2 aromatic rings. The lowest BCUT2D eigenvalue weighted by Gasteiger charge is -2.07. The first-order chi connectivity index (χ1) is 9.47. The van der Waals surface area contributed by atoms with Gasteiger partial charge in [-0.05, 0) is 42.5 Å². The Labute approximate surface area is 123 Å². The number of nitrogens with one attached hydrogen (secondary N) is 1. The minimum atomic E-state index is -1.10. The van der Waals surface area contributed by atoms with Crippen LogP contribution in [0, 0.1) is 5.82 Å². The van der Waals surface area contributed by atoms with Gasteiger partial charge in [0.1, 0.15) is 5.82 Å². The van der Waals surface area contributed by atoms with Gasteiger partial charge in [0.15, 0.2) is 0 Å². The Balaban J connectivity index is 2.17. The number of carbonyl (C=O) groups excluding carboxylic acids is 1.